The molecule has 0 aliphatic carbocycles. The van der Waals surface area contributed by atoms with E-state index >= 15 is 0 Å². The first-order valence-electron chi connectivity index (χ1n) is 7.27. The van der Waals surface area contributed by atoms with E-state index in [-0.39, 0.29) is 11.9 Å². The summed E-state index contributed by atoms with van der Waals surface area (Å²) >= 11 is 0. The predicted molar refractivity (Wildman–Crippen MR) is 81.5 cm³/mol. The van der Waals surface area contributed by atoms with E-state index in [0.717, 1.165) is 24.9 Å². The Balaban J connectivity index is 2.41. The minimum atomic E-state index is -0.499. The molecule has 2 atom stereocenters. The molecule has 2 unspecified atom stereocenters. The Bertz CT molecular complexity index is 403. The Morgan fingerprint density at radius 3 is 2.45 bits per heavy atom. The Labute approximate surface area is 121 Å². The molecule has 1 rings (SSSR count). The van der Waals surface area contributed by atoms with E-state index in [0.29, 0.717) is 6.54 Å². The van der Waals surface area contributed by atoms with E-state index in [9.17, 15) is 9.90 Å². The van der Waals surface area contributed by atoms with E-state index in [1.54, 1.807) is 0 Å². The average Bonchev–Trinajstić information content (AvgIpc) is 2.42. The van der Waals surface area contributed by atoms with Gasteiger partial charge in [-0.2, -0.15) is 0 Å². The molecular formula is C16H26N2O2. The number of nitrogens with one attached hydrogen (secondary N) is 2. The van der Waals surface area contributed by atoms with Gasteiger partial charge in [0.25, 0.3) is 0 Å². The van der Waals surface area contributed by atoms with Crippen LogP contribution in [0, 0.1) is 6.92 Å². The lowest BCUT2D eigenvalue weighted by atomic mass is 9.99. The Morgan fingerprint density at radius 2 is 1.90 bits per heavy atom. The fourth-order valence-corrected chi connectivity index (χ4v) is 2.12. The molecule has 0 aromatic heterocycles. The van der Waals surface area contributed by atoms with Crippen molar-refractivity contribution in [1.82, 2.24) is 10.6 Å². The van der Waals surface area contributed by atoms with Crippen molar-refractivity contribution in [2.75, 3.05) is 13.1 Å². The first kappa shape index (κ1) is 16.7. The van der Waals surface area contributed by atoms with Gasteiger partial charge in [-0.05, 0) is 31.9 Å². The summed E-state index contributed by atoms with van der Waals surface area (Å²) in [5.74, 6) is -0.00303. The highest BCUT2D eigenvalue weighted by Crippen LogP contribution is 2.19. The molecule has 0 aliphatic heterocycles. The Hall–Kier alpha value is -1.39. The van der Waals surface area contributed by atoms with Crippen molar-refractivity contribution < 1.29 is 9.90 Å². The zero-order chi connectivity index (χ0) is 15.0. The number of aliphatic hydroxyl groups is 1. The van der Waals surface area contributed by atoms with Gasteiger partial charge in [-0.25, -0.2) is 0 Å². The second-order valence-electron chi connectivity index (χ2n) is 5.16. The molecule has 4 nitrogen and oxygen atoms in total. The molecule has 112 valence electrons. The van der Waals surface area contributed by atoms with Crippen LogP contribution in [0.1, 0.15) is 43.9 Å². The zero-order valence-corrected chi connectivity index (χ0v) is 12.6. The van der Waals surface area contributed by atoms with E-state index in [1.165, 1.54) is 12.5 Å². The minimum Gasteiger partial charge on any atom is -0.387 e. The van der Waals surface area contributed by atoms with Gasteiger partial charge >= 0.3 is 0 Å². The number of carbonyl (C=O) groups excluding carboxylic acids is 1. The quantitative estimate of drug-likeness (QED) is 0.637. The topological polar surface area (TPSA) is 61.4 Å². The molecule has 0 saturated heterocycles. The highest BCUT2D eigenvalue weighted by Gasteiger charge is 2.18. The third kappa shape index (κ3) is 5.72. The highest BCUT2D eigenvalue weighted by atomic mass is 16.3. The molecule has 1 amide bonds. The maximum atomic E-state index is 10.7. The van der Waals surface area contributed by atoms with Gasteiger partial charge in [0.2, 0.25) is 5.91 Å². The molecular weight excluding hydrogens is 252 g/mol. The number of hydrogen-bond acceptors (Lipinski definition) is 3. The van der Waals surface area contributed by atoms with Crippen LogP contribution in [0.15, 0.2) is 24.3 Å². The lowest BCUT2D eigenvalue weighted by Gasteiger charge is -2.23. The van der Waals surface area contributed by atoms with E-state index in [4.69, 9.17) is 0 Å². The van der Waals surface area contributed by atoms with Crippen molar-refractivity contribution in [3.05, 3.63) is 35.4 Å². The number of benzene rings is 1. The summed E-state index contributed by atoms with van der Waals surface area (Å²) in [6, 6.07) is 8.02. The number of hydrogen-bond donors (Lipinski definition) is 3. The summed E-state index contributed by atoms with van der Waals surface area (Å²) in [5.41, 5.74) is 2.13. The molecule has 20 heavy (non-hydrogen) atoms. The van der Waals surface area contributed by atoms with Gasteiger partial charge in [0.15, 0.2) is 0 Å². The molecule has 0 radical (unpaired) electrons. The van der Waals surface area contributed by atoms with Crippen molar-refractivity contribution in [2.45, 2.75) is 45.8 Å². The smallest absolute Gasteiger partial charge is 0.216 e. The molecule has 0 aliphatic rings. The van der Waals surface area contributed by atoms with Crippen LogP contribution in [0.4, 0.5) is 0 Å². The lowest BCUT2D eigenvalue weighted by Crippen LogP contribution is -2.36. The summed E-state index contributed by atoms with van der Waals surface area (Å²) in [4.78, 5) is 10.7. The van der Waals surface area contributed by atoms with Crippen LogP contribution in [0.5, 0.6) is 0 Å². The van der Waals surface area contributed by atoms with Crippen LogP contribution in [0.25, 0.3) is 0 Å². The van der Waals surface area contributed by atoms with Crippen LogP contribution in [0.2, 0.25) is 0 Å². The predicted octanol–water partition coefficient (Wildman–Crippen LogP) is 1.92. The Morgan fingerprint density at radius 1 is 1.25 bits per heavy atom. The summed E-state index contributed by atoms with van der Waals surface area (Å²) in [6.45, 7) is 7.06. The lowest BCUT2D eigenvalue weighted by molar-refractivity contribution is -0.118. The molecule has 0 heterocycles. The maximum Gasteiger partial charge on any atom is 0.216 e. The van der Waals surface area contributed by atoms with Gasteiger partial charge < -0.3 is 15.7 Å². The zero-order valence-electron chi connectivity index (χ0n) is 12.6. The summed E-state index contributed by atoms with van der Waals surface area (Å²) in [5, 5.41) is 16.5. The van der Waals surface area contributed by atoms with Crippen LogP contribution < -0.4 is 10.6 Å². The second-order valence-corrected chi connectivity index (χ2v) is 5.16. The SMILES string of the molecule is CCC(NCCCNC(C)=O)C(O)c1ccc(C)cc1. The standard InChI is InChI=1S/C16H26N2O2/c1-4-15(18-11-5-10-17-13(3)19)16(20)14-8-6-12(2)7-9-14/h6-9,15-16,18,20H,4-5,10-11H2,1-3H3,(H,17,19). The Kier molecular flexibility index (Phi) is 7.26. The third-order valence-corrected chi connectivity index (χ3v) is 3.37. The van der Waals surface area contributed by atoms with Gasteiger partial charge in [-0.3, -0.25) is 4.79 Å². The number of aliphatic hydroxyl groups excluding tert-OH is 1. The molecule has 0 spiro atoms. The van der Waals surface area contributed by atoms with Crippen molar-refractivity contribution in [3.8, 4) is 0 Å². The van der Waals surface area contributed by atoms with Gasteiger partial charge in [0, 0.05) is 19.5 Å². The number of aryl methyl sites for hydroxylation is 1. The van der Waals surface area contributed by atoms with E-state index in [2.05, 4.69) is 17.6 Å². The molecule has 0 bridgehead atoms. The highest BCUT2D eigenvalue weighted by molar-refractivity contribution is 5.72. The molecule has 3 N–H and O–H groups in total. The first-order valence-corrected chi connectivity index (χ1v) is 7.27. The van der Waals surface area contributed by atoms with E-state index < -0.39 is 6.10 Å². The fraction of sp³-hybridized carbons (Fsp3) is 0.562. The summed E-state index contributed by atoms with van der Waals surface area (Å²) in [7, 11) is 0. The molecule has 4 heteroatoms. The van der Waals surface area contributed by atoms with Crippen LogP contribution in [-0.2, 0) is 4.79 Å². The average molecular weight is 278 g/mol. The van der Waals surface area contributed by atoms with Gasteiger partial charge in [0.1, 0.15) is 0 Å². The van der Waals surface area contributed by atoms with Gasteiger partial charge in [0.05, 0.1) is 6.10 Å². The molecule has 0 saturated carbocycles. The second kappa shape index (κ2) is 8.72. The first-order chi connectivity index (χ1) is 9.54. The largest absolute Gasteiger partial charge is 0.387 e. The number of rotatable bonds is 8. The normalized spacial score (nSPS) is 13.8. The van der Waals surface area contributed by atoms with Crippen molar-refractivity contribution >= 4 is 5.91 Å². The number of amides is 1. The van der Waals surface area contributed by atoms with Gasteiger partial charge in [-0.1, -0.05) is 36.8 Å². The monoisotopic (exact) mass is 278 g/mol. The molecule has 1 aromatic carbocycles. The van der Waals surface area contributed by atoms with Crippen molar-refractivity contribution in [2.24, 2.45) is 0 Å². The fourth-order valence-electron chi connectivity index (χ4n) is 2.12. The van der Waals surface area contributed by atoms with Crippen LogP contribution >= 0.6 is 0 Å². The maximum absolute atomic E-state index is 10.7. The van der Waals surface area contributed by atoms with E-state index in [1.807, 2.05) is 31.2 Å². The summed E-state index contributed by atoms with van der Waals surface area (Å²) in [6.07, 6.45) is 1.22. The molecule has 0 fully saturated rings. The summed E-state index contributed by atoms with van der Waals surface area (Å²) < 4.78 is 0. The molecule has 1 aromatic rings. The van der Waals surface area contributed by atoms with Crippen molar-refractivity contribution in [3.63, 3.8) is 0 Å². The minimum absolute atomic E-state index is 0.00303. The van der Waals surface area contributed by atoms with Crippen LogP contribution in [-0.4, -0.2) is 30.1 Å². The van der Waals surface area contributed by atoms with Crippen LogP contribution in [0.3, 0.4) is 0 Å². The third-order valence-electron chi connectivity index (χ3n) is 3.37. The van der Waals surface area contributed by atoms with Gasteiger partial charge in [-0.15, -0.1) is 0 Å². The van der Waals surface area contributed by atoms with Crippen molar-refractivity contribution in [1.29, 1.82) is 0 Å². The number of carbonyl (C=O) groups is 1.